The number of benzene rings is 2. The molecule has 2 N–H and O–H groups in total. The molecule has 1 amide bonds. The summed E-state index contributed by atoms with van der Waals surface area (Å²) in [6, 6.07) is 10.7. The molecule has 0 aliphatic carbocycles. The summed E-state index contributed by atoms with van der Waals surface area (Å²) >= 11 is 3.30. The average Bonchev–Trinajstić information content (AvgIpc) is 2.50. The second-order valence-corrected chi connectivity index (χ2v) is 5.97. The normalized spacial score (nSPS) is 10.7. The van der Waals surface area contributed by atoms with E-state index in [1.165, 1.54) is 12.3 Å². The fraction of sp³-hybridized carbons (Fsp3) is 0.176. The van der Waals surface area contributed by atoms with Crippen LogP contribution >= 0.6 is 15.9 Å². The first-order valence-corrected chi connectivity index (χ1v) is 7.75. The molecule has 0 unspecified atom stereocenters. The van der Waals surface area contributed by atoms with Gasteiger partial charge in [0.2, 0.25) is 0 Å². The Morgan fingerprint density at radius 3 is 2.83 bits per heavy atom. The number of hydrazone groups is 1. The molecule has 0 aliphatic heterocycles. The zero-order valence-electron chi connectivity index (χ0n) is 12.8. The highest BCUT2D eigenvalue weighted by Gasteiger charge is 2.04. The number of halogens is 1. The van der Waals surface area contributed by atoms with Crippen molar-refractivity contribution in [2.75, 3.05) is 6.61 Å². The van der Waals surface area contributed by atoms with Crippen LogP contribution in [-0.2, 0) is 4.79 Å². The predicted molar refractivity (Wildman–Crippen MR) is 93.0 cm³/mol. The number of hydrogen-bond acceptors (Lipinski definition) is 4. The van der Waals surface area contributed by atoms with Crippen molar-refractivity contribution >= 4 is 28.1 Å². The molecule has 23 heavy (non-hydrogen) atoms. The number of phenols is 1. The van der Waals surface area contributed by atoms with Gasteiger partial charge in [-0.15, -0.1) is 0 Å². The minimum atomic E-state index is -0.379. The van der Waals surface area contributed by atoms with Crippen LogP contribution in [0.5, 0.6) is 11.5 Å². The van der Waals surface area contributed by atoms with Crippen LogP contribution in [0.15, 0.2) is 46.0 Å². The van der Waals surface area contributed by atoms with Crippen molar-refractivity contribution in [1.82, 2.24) is 5.43 Å². The van der Waals surface area contributed by atoms with E-state index < -0.39 is 0 Å². The van der Waals surface area contributed by atoms with E-state index in [-0.39, 0.29) is 18.3 Å². The molecule has 0 aliphatic rings. The quantitative estimate of drug-likeness (QED) is 0.621. The zero-order chi connectivity index (χ0) is 16.8. The first-order valence-electron chi connectivity index (χ1n) is 6.96. The molecule has 0 aromatic heterocycles. The van der Waals surface area contributed by atoms with Crippen LogP contribution in [0.4, 0.5) is 0 Å². The standard InChI is InChI=1S/C17H17BrN2O3/c1-11-3-6-16(12(2)7-11)23-10-17(22)20-19-9-13-8-14(18)4-5-15(13)21/h3-9,21H,10H2,1-2H3,(H,20,22). The number of carbonyl (C=O) groups is 1. The Kier molecular flexibility index (Phi) is 5.76. The lowest BCUT2D eigenvalue weighted by Gasteiger charge is -2.08. The van der Waals surface area contributed by atoms with Gasteiger partial charge in [-0.1, -0.05) is 33.6 Å². The van der Waals surface area contributed by atoms with Gasteiger partial charge in [0.05, 0.1) is 6.21 Å². The minimum Gasteiger partial charge on any atom is -0.507 e. The van der Waals surface area contributed by atoms with E-state index in [1.54, 1.807) is 12.1 Å². The van der Waals surface area contributed by atoms with Crippen LogP contribution in [0.2, 0.25) is 0 Å². The van der Waals surface area contributed by atoms with Crippen LogP contribution in [0.1, 0.15) is 16.7 Å². The molecule has 2 rings (SSSR count). The van der Waals surface area contributed by atoms with E-state index in [0.29, 0.717) is 11.3 Å². The summed E-state index contributed by atoms with van der Waals surface area (Å²) in [7, 11) is 0. The third kappa shape index (κ3) is 5.10. The topological polar surface area (TPSA) is 70.9 Å². The van der Waals surface area contributed by atoms with E-state index in [1.807, 2.05) is 32.0 Å². The summed E-state index contributed by atoms with van der Waals surface area (Å²) in [5.74, 6) is 0.368. The number of aryl methyl sites for hydroxylation is 2. The van der Waals surface area contributed by atoms with Gasteiger partial charge in [-0.25, -0.2) is 5.43 Å². The van der Waals surface area contributed by atoms with E-state index in [9.17, 15) is 9.90 Å². The van der Waals surface area contributed by atoms with Gasteiger partial charge in [0.15, 0.2) is 6.61 Å². The van der Waals surface area contributed by atoms with E-state index in [4.69, 9.17) is 4.74 Å². The molecule has 0 spiro atoms. The highest BCUT2D eigenvalue weighted by atomic mass is 79.9. The SMILES string of the molecule is Cc1ccc(OCC(=O)NN=Cc2cc(Br)ccc2O)c(C)c1. The number of nitrogens with one attached hydrogen (secondary N) is 1. The van der Waals surface area contributed by atoms with Gasteiger partial charge in [-0.2, -0.15) is 5.10 Å². The second kappa shape index (κ2) is 7.78. The molecule has 0 bridgehead atoms. The number of amides is 1. The molecule has 0 heterocycles. The number of phenolic OH excluding ortho intramolecular Hbond substituents is 1. The Morgan fingerprint density at radius 1 is 1.30 bits per heavy atom. The van der Waals surface area contributed by atoms with Gasteiger partial charge in [-0.3, -0.25) is 4.79 Å². The van der Waals surface area contributed by atoms with Crippen molar-refractivity contribution in [3.63, 3.8) is 0 Å². The van der Waals surface area contributed by atoms with E-state index >= 15 is 0 Å². The van der Waals surface area contributed by atoms with Crippen molar-refractivity contribution in [3.8, 4) is 11.5 Å². The second-order valence-electron chi connectivity index (χ2n) is 5.05. The van der Waals surface area contributed by atoms with Crippen molar-refractivity contribution < 1.29 is 14.6 Å². The largest absolute Gasteiger partial charge is 0.507 e. The summed E-state index contributed by atoms with van der Waals surface area (Å²) in [5.41, 5.74) is 4.96. The summed E-state index contributed by atoms with van der Waals surface area (Å²) in [6.07, 6.45) is 1.37. The molecule has 2 aromatic carbocycles. The molecule has 0 saturated heterocycles. The van der Waals surface area contributed by atoms with Crippen LogP contribution in [0, 0.1) is 13.8 Å². The summed E-state index contributed by atoms with van der Waals surface area (Å²) in [4.78, 5) is 11.7. The Bertz CT molecular complexity index is 745. The van der Waals surface area contributed by atoms with Gasteiger partial charge in [0, 0.05) is 10.0 Å². The highest BCUT2D eigenvalue weighted by Crippen LogP contribution is 2.20. The molecule has 0 atom stereocenters. The van der Waals surface area contributed by atoms with Gasteiger partial charge < -0.3 is 9.84 Å². The number of carbonyl (C=O) groups excluding carboxylic acids is 1. The maximum atomic E-state index is 11.7. The van der Waals surface area contributed by atoms with Crippen LogP contribution < -0.4 is 10.2 Å². The Labute approximate surface area is 143 Å². The van der Waals surface area contributed by atoms with Gasteiger partial charge in [0.25, 0.3) is 5.91 Å². The number of aromatic hydroxyl groups is 1. The molecular weight excluding hydrogens is 360 g/mol. The van der Waals surface area contributed by atoms with Crippen molar-refractivity contribution in [3.05, 3.63) is 57.6 Å². The lowest BCUT2D eigenvalue weighted by Crippen LogP contribution is -2.24. The van der Waals surface area contributed by atoms with Gasteiger partial charge in [-0.05, 0) is 43.7 Å². The molecule has 120 valence electrons. The third-order valence-electron chi connectivity index (χ3n) is 3.07. The summed E-state index contributed by atoms with van der Waals surface area (Å²) in [5, 5.41) is 13.5. The van der Waals surface area contributed by atoms with Crippen LogP contribution in [-0.4, -0.2) is 23.8 Å². The summed E-state index contributed by atoms with van der Waals surface area (Å²) < 4.78 is 6.26. The smallest absolute Gasteiger partial charge is 0.277 e. The number of hydrogen-bond donors (Lipinski definition) is 2. The molecule has 0 fully saturated rings. The Balaban J connectivity index is 1.87. The zero-order valence-corrected chi connectivity index (χ0v) is 14.4. The number of nitrogens with zero attached hydrogens (tertiary/aromatic N) is 1. The maximum Gasteiger partial charge on any atom is 0.277 e. The Morgan fingerprint density at radius 2 is 2.09 bits per heavy atom. The minimum absolute atomic E-state index is 0.0812. The van der Waals surface area contributed by atoms with Gasteiger partial charge in [0.1, 0.15) is 11.5 Å². The van der Waals surface area contributed by atoms with E-state index in [0.717, 1.165) is 15.6 Å². The first-order chi connectivity index (χ1) is 11.0. The molecule has 6 heteroatoms. The lowest BCUT2D eigenvalue weighted by atomic mass is 10.1. The molecular formula is C17H17BrN2O3. The molecule has 5 nitrogen and oxygen atoms in total. The summed E-state index contributed by atoms with van der Waals surface area (Å²) in [6.45, 7) is 3.79. The van der Waals surface area contributed by atoms with E-state index in [2.05, 4.69) is 26.5 Å². The maximum absolute atomic E-state index is 11.7. The van der Waals surface area contributed by atoms with Crippen molar-refractivity contribution in [2.24, 2.45) is 5.10 Å². The first kappa shape index (κ1) is 17.0. The highest BCUT2D eigenvalue weighted by molar-refractivity contribution is 9.10. The fourth-order valence-electron chi connectivity index (χ4n) is 1.94. The fourth-order valence-corrected chi connectivity index (χ4v) is 2.32. The van der Waals surface area contributed by atoms with Crippen molar-refractivity contribution in [2.45, 2.75) is 13.8 Å². The Hall–Kier alpha value is -2.34. The number of ether oxygens (including phenoxy) is 1. The van der Waals surface area contributed by atoms with Crippen LogP contribution in [0.25, 0.3) is 0 Å². The third-order valence-corrected chi connectivity index (χ3v) is 3.56. The predicted octanol–water partition coefficient (Wildman–Crippen LogP) is 3.30. The molecule has 0 saturated carbocycles. The van der Waals surface area contributed by atoms with Crippen LogP contribution in [0.3, 0.4) is 0 Å². The average molecular weight is 377 g/mol. The monoisotopic (exact) mass is 376 g/mol. The lowest BCUT2D eigenvalue weighted by molar-refractivity contribution is -0.123. The molecule has 0 radical (unpaired) electrons. The van der Waals surface area contributed by atoms with Gasteiger partial charge >= 0.3 is 0 Å². The molecule has 2 aromatic rings. The number of rotatable bonds is 5. The van der Waals surface area contributed by atoms with Crippen molar-refractivity contribution in [1.29, 1.82) is 0 Å².